The third-order valence-corrected chi connectivity index (χ3v) is 2.73. The third-order valence-electron chi connectivity index (χ3n) is 2.35. The Balaban J connectivity index is 2.50. The van der Waals surface area contributed by atoms with Crippen LogP contribution in [-0.4, -0.2) is 15.3 Å². The zero-order valence-corrected chi connectivity index (χ0v) is 8.26. The van der Waals surface area contributed by atoms with Gasteiger partial charge in [-0.3, -0.25) is 4.79 Å². The van der Waals surface area contributed by atoms with Crippen molar-refractivity contribution in [2.75, 3.05) is 0 Å². The highest BCUT2D eigenvalue weighted by molar-refractivity contribution is 6.32. The van der Waals surface area contributed by atoms with E-state index in [9.17, 15) is 4.79 Å². The molecule has 0 fully saturated rings. The van der Waals surface area contributed by atoms with Crippen molar-refractivity contribution >= 4 is 17.4 Å². The second-order valence-electron chi connectivity index (χ2n) is 3.33. The third kappa shape index (κ3) is 1.37. The fourth-order valence-corrected chi connectivity index (χ4v) is 2.03. The topological polar surface area (TPSA) is 34.9 Å². The monoisotopic (exact) mass is 198 g/mol. The molecule has 2 rings (SSSR count). The fourth-order valence-electron chi connectivity index (χ4n) is 1.67. The van der Waals surface area contributed by atoms with Crippen molar-refractivity contribution in [2.24, 2.45) is 0 Å². The molecule has 1 aliphatic rings. The number of Topliss-reactive ketones (excluding diaryl/α,β-unsaturated/α-hetero) is 1. The highest BCUT2D eigenvalue weighted by Crippen LogP contribution is 2.23. The molecular formula is C9H11ClN2O. The fraction of sp³-hybridized carbons (Fsp3) is 0.556. The molecule has 1 aromatic rings. The van der Waals surface area contributed by atoms with Crippen LogP contribution in [0.4, 0.5) is 0 Å². The summed E-state index contributed by atoms with van der Waals surface area (Å²) < 4.78 is 1.95. The molecule has 0 bridgehead atoms. The van der Waals surface area contributed by atoms with E-state index in [2.05, 4.69) is 4.98 Å². The van der Waals surface area contributed by atoms with Crippen LogP contribution in [0.1, 0.15) is 36.1 Å². The van der Waals surface area contributed by atoms with Gasteiger partial charge in [0, 0.05) is 19.9 Å². The summed E-state index contributed by atoms with van der Waals surface area (Å²) in [4.78, 5) is 15.4. The Bertz CT molecular complexity index is 357. The summed E-state index contributed by atoms with van der Waals surface area (Å²) in [7, 11) is 0. The molecule has 0 radical (unpaired) electrons. The van der Waals surface area contributed by atoms with Gasteiger partial charge in [0.05, 0.1) is 0 Å². The Morgan fingerprint density at radius 1 is 1.54 bits per heavy atom. The largest absolute Gasteiger partial charge is 0.318 e. The number of ketones is 1. The van der Waals surface area contributed by atoms with Gasteiger partial charge in [-0.25, -0.2) is 4.98 Å². The van der Waals surface area contributed by atoms with Gasteiger partial charge in [0.25, 0.3) is 0 Å². The molecular weight excluding hydrogens is 188 g/mol. The molecule has 2 heterocycles. The van der Waals surface area contributed by atoms with E-state index in [1.54, 1.807) is 0 Å². The molecule has 4 heteroatoms. The normalized spacial score (nSPS) is 15.5. The van der Waals surface area contributed by atoms with Crippen LogP contribution in [0.5, 0.6) is 0 Å². The average molecular weight is 199 g/mol. The van der Waals surface area contributed by atoms with Crippen molar-refractivity contribution in [3.8, 4) is 0 Å². The first-order valence-electron chi connectivity index (χ1n) is 4.46. The van der Waals surface area contributed by atoms with E-state index in [1.807, 2.05) is 4.57 Å². The van der Waals surface area contributed by atoms with Crippen LogP contribution in [0, 0.1) is 0 Å². The van der Waals surface area contributed by atoms with Gasteiger partial charge in [-0.15, -0.1) is 0 Å². The molecule has 0 saturated heterocycles. The Labute approximate surface area is 81.7 Å². The number of carbonyl (C=O) groups excluding carboxylic acids is 1. The first-order valence-corrected chi connectivity index (χ1v) is 4.84. The van der Waals surface area contributed by atoms with E-state index in [-0.39, 0.29) is 5.78 Å². The molecule has 0 amide bonds. The summed E-state index contributed by atoms with van der Waals surface area (Å²) in [5.41, 5.74) is 0.429. The SMILES string of the molecule is CC(=O)c1nc2n(c1Cl)CCCC2. The van der Waals surface area contributed by atoms with Crippen LogP contribution in [-0.2, 0) is 13.0 Å². The lowest BCUT2D eigenvalue weighted by Gasteiger charge is -2.13. The molecule has 0 saturated carbocycles. The van der Waals surface area contributed by atoms with E-state index in [0.717, 1.165) is 31.6 Å². The van der Waals surface area contributed by atoms with E-state index in [0.29, 0.717) is 10.8 Å². The minimum atomic E-state index is -0.0492. The molecule has 1 aliphatic heterocycles. The average Bonchev–Trinajstić information content (AvgIpc) is 2.45. The summed E-state index contributed by atoms with van der Waals surface area (Å²) in [6, 6.07) is 0. The zero-order valence-electron chi connectivity index (χ0n) is 7.51. The highest BCUT2D eigenvalue weighted by Gasteiger charge is 2.20. The van der Waals surface area contributed by atoms with Crippen LogP contribution >= 0.6 is 11.6 Å². The summed E-state index contributed by atoms with van der Waals surface area (Å²) in [5.74, 6) is 0.911. The second kappa shape index (κ2) is 3.14. The number of rotatable bonds is 1. The number of aryl methyl sites for hydroxylation is 1. The Hall–Kier alpha value is -0.830. The lowest BCUT2D eigenvalue weighted by Crippen LogP contribution is -2.10. The Morgan fingerprint density at radius 3 is 2.92 bits per heavy atom. The Kier molecular flexibility index (Phi) is 2.12. The minimum absolute atomic E-state index is 0.0492. The van der Waals surface area contributed by atoms with E-state index >= 15 is 0 Å². The standard InChI is InChI=1S/C9H11ClN2O/c1-6(13)8-9(10)12-5-3-2-4-7(12)11-8/h2-5H2,1H3. The molecule has 0 aromatic carbocycles. The molecule has 0 unspecified atom stereocenters. The van der Waals surface area contributed by atoms with Crippen molar-refractivity contribution < 1.29 is 4.79 Å². The first kappa shape index (κ1) is 8.75. The van der Waals surface area contributed by atoms with Gasteiger partial charge in [0.2, 0.25) is 0 Å². The minimum Gasteiger partial charge on any atom is -0.318 e. The van der Waals surface area contributed by atoms with Gasteiger partial charge in [0.15, 0.2) is 5.78 Å². The summed E-state index contributed by atoms with van der Waals surface area (Å²) >= 11 is 6.02. The molecule has 3 nitrogen and oxygen atoms in total. The van der Waals surface area contributed by atoms with Gasteiger partial charge in [-0.05, 0) is 12.8 Å². The smallest absolute Gasteiger partial charge is 0.181 e. The number of halogens is 1. The van der Waals surface area contributed by atoms with Crippen LogP contribution in [0.2, 0.25) is 5.15 Å². The molecule has 13 heavy (non-hydrogen) atoms. The summed E-state index contributed by atoms with van der Waals surface area (Å²) in [5, 5.41) is 0.516. The van der Waals surface area contributed by atoms with Crippen LogP contribution in [0.3, 0.4) is 0 Å². The number of imidazole rings is 1. The quantitative estimate of drug-likeness (QED) is 0.648. The van der Waals surface area contributed by atoms with Gasteiger partial charge < -0.3 is 4.57 Å². The number of carbonyl (C=O) groups is 1. The van der Waals surface area contributed by atoms with Gasteiger partial charge >= 0.3 is 0 Å². The van der Waals surface area contributed by atoms with Crippen molar-refractivity contribution in [3.63, 3.8) is 0 Å². The van der Waals surface area contributed by atoms with Gasteiger partial charge in [0.1, 0.15) is 16.7 Å². The number of aromatic nitrogens is 2. The number of hydrogen-bond donors (Lipinski definition) is 0. The van der Waals surface area contributed by atoms with Crippen LogP contribution in [0.25, 0.3) is 0 Å². The number of fused-ring (bicyclic) bond motifs is 1. The molecule has 0 N–H and O–H groups in total. The number of nitrogens with zero attached hydrogens (tertiary/aromatic N) is 2. The van der Waals surface area contributed by atoms with E-state index in [1.165, 1.54) is 6.92 Å². The second-order valence-corrected chi connectivity index (χ2v) is 3.69. The predicted molar refractivity (Wildman–Crippen MR) is 50.2 cm³/mol. The zero-order chi connectivity index (χ0) is 9.42. The van der Waals surface area contributed by atoms with Crippen molar-refractivity contribution in [2.45, 2.75) is 32.7 Å². The maximum atomic E-state index is 11.1. The predicted octanol–water partition coefficient (Wildman–Crippen LogP) is 2.08. The maximum Gasteiger partial charge on any atom is 0.181 e. The summed E-state index contributed by atoms with van der Waals surface area (Å²) in [6.45, 7) is 2.40. The molecule has 1 aromatic heterocycles. The van der Waals surface area contributed by atoms with Crippen molar-refractivity contribution in [1.29, 1.82) is 0 Å². The van der Waals surface area contributed by atoms with Crippen LogP contribution in [0.15, 0.2) is 0 Å². The molecule has 0 atom stereocenters. The Morgan fingerprint density at radius 2 is 2.31 bits per heavy atom. The van der Waals surface area contributed by atoms with E-state index in [4.69, 9.17) is 11.6 Å². The first-order chi connectivity index (χ1) is 6.20. The van der Waals surface area contributed by atoms with Crippen molar-refractivity contribution in [1.82, 2.24) is 9.55 Å². The van der Waals surface area contributed by atoms with Crippen LogP contribution < -0.4 is 0 Å². The molecule has 0 spiro atoms. The van der Waals surface area contributed by atoms with Gasteiger partial charge in [-0.1, -0.05) is 11.6 Å². The number of hydrogen-bond acceptors (Lipinski definition) is 2. The highest BCUT2D eigenvalue weighted by atomic mass is 35.5. The summed E-state index contributed by atoms with van der Waals surface area (Å²) in [6.07, 6.45) is 3.21. The van der Waals surface area contributed by atoms with Gasteiger partial charge in [-0.2, -0.15) is 0 Å². The molecule has 70 valence electrons. The maximum absolute atomic E-state index is 11.1. The lowest BCUT2D eigenvalue weighted by molar-refractivity contribution is 0.101. The lowest BCUT2D eigenvalue weighted by atomic mass is 10.2. The van der Waals surface area contributed by atoms with E-state index < -0.39 is 0 Å². The van der Waals surface area contributed by atoms with Crippen molar-refractivity contribution in [3.05, 3.63) is 16.7 Å². The molecule has 0 aliphatic carbocycles.